The summed E-state index contributed by atoms with van der Waals surface area (Å²) < 4.78 is 47.3. The fraction of sp³-hybridized carbons (Fsp3) is 0.667. The topological polar surface area (TPSA) is 244 Å². The highest BCUT2D eigenvalue weighted by Crippen LogP contribution is 2.74. The Morgan fingerprint density at radius 3 is 2.12 bits per heavy atom. The Labute approximate surface area is 341 Å². The minimum atomic E-state index is -2.66. The monoisotopic (exact) mass is 830 g/mol. The third-order valence-electron chi connectivity index (χ3n) is 13.9. The van der Waals surface area contributed by atoms with E-state index in [0.29, 0.717) is 5.56 Å². The van der Waals surface area contributed by atoms with Crippen LogP contribution in [0.1, 0.15) is 107 Å². The zero-order valence-corrected chi connectivity index (χ0v) is 35.2. The predicted octanol–water partition coefficient (Wildman–Crippen LogP) is 3.22. The molecule has 17 nitrogen and oxygen atoms in total. The van der Waals surface area contributed by atoms with E-state index in [9.17, 15) is 44.1 Å². The molecule has 2 aliphatic heterocycles. The summed E-state index contributed by atoms with van der Waals surface area (Å²) in [5.41, 5.74) is -11.9. The SMILES string of the molecule is CCC(=O)OC1C2=C(CCC3(C)C2=C(C(O)O)C(=O)OC3c2ccoc2)C2(C)C(C(OC(C)=O)C(=O)OC)C(C)(C)C(OC(=O)C3(C)OC3C)C1(OC(=O)CC)C2(C)O. The van der Waals surface area contributed by atoms with Crippen molar-refractivity contribution >= 4 is 35.8 Å². The second-order valence-corrected chi connectivity index (χ2v) is 17.4. The molecule has 0 amide bonds. The van der Waals surface area contributed by atoms with E-state index >= 15 is 0 Å². The summed E-state index contributed by atoms with van der Waals surface area (Å²) >= 11 is 0. The molecule has 11 atom stereocenters. The molecule has 11 unspecified atom stereocenters. The Morgan fingerprint density at radius 2 is 1.61 bits per heavy atom. The second kappa shape index (κ2) is 14.6. The van der Waals surface area contributed by atoms with Gasteiger partial charge in [0.1, 0.15) is 11.7 Å². The fourth-order valence-electron chi connectivity index (χ4n) is 10.7. The van der Waals surface area contributed by atoms with Crippen LogP contribution in [0.5, 0.6) is 0 Å². The van der Waals surface area contributed by atoms with E-state index in [0.717, 1.165) is 14.0 Å². The van der Waals surface area contributed by atoms with Crippen LogP contribution in [-0.2, 0) is 61.9 Å². The number of fused-ring (bicyclic) bond motifs is 5. The van der Waals surface area contributed by atoms with Crippen LogP contribution in [-0.4, -0.2) is 106 Å². The predicted molar refractivity (Wildman–Crippen MR) is 199 cm³/mol. The van der Waals surface area contributed by atoms with Gasteiger partial charge in [0.05, 0.1) is 31.3 Å². The van der Waals surface area contributed by atoms with E-state index in [2.05, 4.69) is 0 Å². The van der Waals surface area contributed by atoms with Crippen molar-refractivity contribution in [2.75, 3.05) is 7.11 Å². The van der Waals surface area contributed by atoms with E-state index in [1.807, 2.05) is 0 Å². The zero-order valence-electron chi connectivity index (χ0n) is 35.2. The Morgan fingerprint density at radius 1 is 0.983 bits per heavy atom. The maximum absolute atomic E-state index is 14.4. The van der Waals surface area contributed by atoms with Crippen molar-refractivity contribution < 1.29 is 81.7 Å². The van der Waals surface area contributed by atoms with Crippen LogP contribution in [0.15, 0.2) is 45.3 Å². The third-order valence-corrected chi connectivity index (χ3v) is 13.9. The highest BCUT2D eigenvalue weighted by Gasteiger charge is 2.85. The Hall–Kier alpha value is -4.58. The molecule has 2 fully saturated rings. The van der Waals surface area contributed by atoms with Crippen molar-refractivity contribution in [1.29, 1.82) is 0 Å². The van der Waals surface area contributed by atoms with Crippen molar-refractivity contribution in [3.8, 4) is 0 Å². The van der Waals surface area contributed by atoms with E-state index in [1.54, 1.807) is 40.7 Å². The number of hydrogen-bond acceptors (Lipinski definition) is 17. The number of carbonyl (C=O) groups excluding carboxylic acids is 6. The maximum atomic E-state index is 14.4. The number of carbonyl (C=O) groups is 6. The normalized spacial score (nSPS) is 37.3. The number of hydrogen-bond donors (Lipinski definition) is 3. The number of cyclic esters (lactones) is 1. The average molecular weight is 831 g/mol. The maximum Gasteiger partial charge on any atom is 0.347 e. The molecule has 3 N–H and O–H groups in total. The van der Waals surface area contributed by atoms with Gasteiger partial charge in [-0.25, -0.2) is 14.4 Å². The summed E-state index contributed by atoms with van der Waals surface area (Å²) in [6.45, 7) is 14.9. The van der Waals surface area contributed by atoms with Gasteiger partial charge in [-0.05, 0) is 45.3 Å². The number of furan rings is 1. The smallest absolute Gasteiger partial charge is 0.347 e. The summed E-state index contributed by atoms with van der Waals surface area (Å²) in [4.78, 5) is 83.4. The minimum absolute atomic E-state index is 0.00487. The van der Waals surface area contributed by atoms with Crippen molar-refractivity contribution in [1.82, 2.24) is 0 Å². The summed E-state index contributed by atoms with van der Waals surface area (Å²) in [5.74, 6) is -7.31. The minimum Gasteiger partial charge on any atom is -0.472 e. The first-order valence-corrected chi connectivity index (χ1v) is 19.7. The van der Waals surface area contributed by atoms with Gasteiger partial charge < -0.3 is 52.9 Å². The van der Waals surface area contributed by atoms with Crippen LogP contribution in [0.4, 0.5) is 0 Å². The van der Waals surface area contributed by atoms with Gasteiger partial charge in [0.25, 0.3) is 0 Å². The lowest BCUT2D eigenvalue weighted by Gasteiger charge is -2.73. The largest absolute Gasteiger partial charge is 0.472 e. The lowest BCUT2D eigenvalue weighted by Crippen LogP contribution is -2.86. The van der Waals surface area contributed by atoms with E-state index in [1.165, 1.54) is 40.2 Å². The summed E-state index contributed by atoms with van der Waals surface area (Å²) in [6.07, 6.45) is -7.67. The number of aliphatic hydroxyl groups is 3. The van der Waals surface area contributed by atoms with Gasteiger partial charge in [-0.2, -0.15) is 0 Å². The molecule has 2 bridgehead atoms. The highest BCUT2D eigenvalue weighted by atomic mass is 16.7. The lowest BCUT2D eigenvalue weighted by molar-refractivity contribution is -0.351. The Kier molecular flexibility index (Phi) is 10.9. The highest BCUT2D eigenvalue weighted by molar-refractivity contribution is 5.94. The first kappa shape index (κ1) is 44.0. The summed E-state index contributed by atoms with van der Waals surface area (Å²) in [6, 6.07) is 1.57. The molecule has 0 radical (unpaired) electrons. The van der Waals surface area contributed by atoms with Crippen LogP contribution in [0.3, 0.4) is 0 Å². The molecule has 1 aromatic heterocycles. The molecule has 1 saturated heterocycles. The quantitative estimate of drug-likeness (QED) is 0.125. The number of ether oxygens (including phenoxy) is 7. The molecule has 1 saturated carbocycles. The lowest BCUT2D eigenvalue weighted by atomic mass is 9.36. The van der Waals surface area contributed by atoms with E-state index in [4.69, 9.17) is 37.6 Å². The molecule has 0 spiro atoms. The molecule has 1 aromatic rings. The van der Waals surface area contributed by atoms with Gasteiger partial charge in [-0.1, -0.05) is 47.1 Å². The van der Waals surface area contributed by atoms with Gasteiger partial charge in [-0.3, -0.25) is 14.4 Å². The summed E-state index contributed by atoms with van der Waals surface area (Å²) in [7, 11) is 1.08. The number of aliphatic hydroxyl groups excluding tert-OH is 1. The molecule has 0 aromatic carbocycles. The van der Waals surface area contributed by atoms with Crippen molar-refractivity contribution in [3.63, 3.8) is 0 Å². The third kappa shape index (κ3) is 6.08. The molecular formula is C42H54O17. The van der Waals surface area contributed by atoms with Gasteiger partial charge in [0.2, 0.25) is 11.7 Å². The first-order valence-electron chi connectivity index (χ1n) is 19.7. The van der Waals surface area contributed by atoms with Crippen LogP contribution in [0, 0.1) is 22.2 Å². The molecule has 5 aliphatic rings. The fourth-order valence-corrected chi connectivity index (χ4v) is 10.7. The second-order valence-electron chi connectivity index (χ2n) is 17.4. The Balaban J connectivity index is 1.85. The molecule has 324 valence electrons. The molecular weight excluding hydrogens is 776 g/mol. The van der Waals surface area contributed by atoms with Crippen molar-refractivity contribution in [2.24, 2.45) is 22.2 Å². The van der Waals surface area contributed by atoms with Crippen molar-refractivity contribution in [2.45, 2.75) is 149 Å². The molecule has 59 heavy (non-hydrogen) atoms. The van der Waals surface area contributed by atoms with Gasteiger partial charge in [0, 0.05) is 53.1 Å². The number of epoxide rings is 1. The van der Waals surface area contributed by atoms with Crippen LogP contribution in [0.25, 0.3) is 0 Å². The van der Waals surface area contributed by atoms with Crippen LogP contribution < -0.4 is 0 Å². The van der Waals surface area contributed by atoms with E-state index in [-0.39, 0.29) is 42.4 Å². The Bertz CT molecular complexity index is 2010. The zero-order chi connectivity index (χ0) is 44.0. The number of methoxy groups -OCH3 is 1. The number of esters is 6. The van der Waals surface area contributed by atoms with Gasteiger partial charge >= 0.3 is 35.8 Å². The average Bonchev–Trinajstić information content (AvgIpc) is 3.49. The number of rotatable bonds is 11. The van der Waals surface area contributed by atoms with Gasteiger partial charge in [0.15, 0.2) is 24.1 Å². The van der Waals surface area contributed by atoms with Crippen LogP contribution >= 0.6 is 0 Å². The standard InChI is InChI=1S/C42H54O17/c1-12-23(44)55-31-25-22(14-16-38(7)27(25)26(32(46)47)33(48)56-30(38)21-15-17-53-18-21)39(8)29(28(34(49)52-11)54-20(4)43)37(5,6)35(57-36(50)40(9)19(3)58-40)42(31,41(39,10)51)59-24(45)13-2/h15,17-19,28-32,35,46-47,51H,12-14,16H2,1-11H3. The molecule has 3 heterocycles. The summed E-state index contributed by atoms with van der Waals surface area (Å²) in [5, 5.41) is 35.9. The molecule has 6 rings (SSSR count). The van der Waals surface area contributed by atoms with E-state index < -0.39 is 117 Å². The molecule has 3 aliphatic carbocycles. The first-order chi connectivity index (χ1) is 27.4. The van der Waals surface area contributed by atoms with Crippen LogP contribution in [0.2, 0.25) is 0 Å². The molecule has 17 heteroatoms. The van der Waals surface area contributed by atoms with Crippen molar-refractivity contribution in [3.05, 3.63) is 46.4 Å². The van der Waals surface area contributed by atoms with Gasteiger partial charge in [-0.15, -0.1) is 0 Å².